The van der Waals surface area contributed by atoms with E-state index in [1.165, 1.54) is 0 Å². The second-order valence-corrected chi connectivity index (χ2v) is 4.23. The summed E-state index contributed by atoms with van der Waals surface area (Å²) in [6, 6.07) is 5.10. The van der Waals surface area contributed by atoms with Crippen molar-refractivity contribution in [1.29, 1.82) is 0 Å². The summed E-state index contributed by atoms with van der Waals surface area (Å²) in [5, 5.41) is 10.9. The first-order valence-corrected chi connectivity index (χ1v) is 5.52. The van der Waals surface area contributed by atoms with Gasteiger partial charge in [-0.1, -0.05) is 23.2 Å². The number of hydrogen-bond acceptors (Lipinski definition) is 2. The molecular weight excluding hydrogens is 235 g/mol. The molecule has 0 bridgehead atoms. The van der Waals surface area contributed by atoms with Crippen LogP contribution in [0.25, 0.3) is 0 Å². The first-order valence-electron chi connectivity index (χ1n) is 4.76. The number of benzene rings is 1. The van der Waals surface area contributed by atoms with Gasteiger partial charge in [-0.15, -0.1) is 0 Å². The first-order chi connectivity index (χ1) is 7.13. The minimum absolute atomic E-state index is 0.531. The fourth-order valence-corrected chi connectivity index (χ4v) is 1.90. The van der Waals surface area contributed by atoms with Crippen LogP contribution in [0.3, 0.4) is 0 Å². The Hall–Kier alpha value is -0.280. The van der Waals surface area contributed by atoms with Crippen LogP contribution >= 0.6 is 23.2 Å². The van der Waals surface area contributed by atoms with E-state index in [1.807, 2.05) is 0 Å². The average molecular weight is 249 g/mol. The van der Waals surface area contributed by atoms with Gasteiger partial charge in [0.2, 0.25) is 0 Å². The maximum atomic E-state index is 9.82. The van der Waals surface area contributed by atoms with Gasteiger partial charge in [-0.25, -0.2) is 0 Å². The van der Waals surface area contributed by atoms with E-state index in [9.17, 15) is 5.11 Å². The zero-order valence-electron chi connectivity index (χ0n) is 8.54. The summed E-state index contributed by atoms with van der Waals surface area (Å²) < 4.78 is 4.91. The molecule has 0 amide bonds. The minimum atomic E-state index is -0.531. The highest BCUT2D eigenvalue weighted by Gasteiger charge is 2.08. The highest BCUT2D eigenvalue weighted by Crippen LogP contribution is 2.25. The van der Waals surface area contributed by atoms with Gasteiger partial charge in [-0.2, -0.15) is 0 Å². The Balaban J connectivity index is 2.60. The molecule has 0 saturated carbocycles. The van der Waals surface area contributed by atoms with E-state index < -0.39 is 6.10 Å². The summed E-state index contributed by atoms with van der Waals surface area (Å²) in [7, 11) is 1.64. The van der Waals surface area contributed by atoms with Crippen LogP contribution in [-0.4, -0.2) is 18.8 Å². The largest absolute Gasteiger partial charge is 0.388 e. The molecule has 0 aliphatic heterocycles. The molecule has 0 spiro atoms. The molecule has 4 heteroatoms. The third-order valence-corrected chi connectivity index (χ3v) is 2.53. The van der Waals surface area contributed by atoms with Crippen molar-refractivity contribution >= 4 is 23.2 Å². The number of hydrogen-bond donors (Lipinski definition) is 1. The summed E-state index contributed by atoms with van der Waals surface area (Å²) in [4.78, 5) is 0. The van der Waals surface area contributed by atoms with Crippen LogP contribution in [0.2, 0.25) is 10.0 Å². The van der Waals surface area contributed by atoms with Crippen molar-refractivity contribution in [2.75, 3.05) is 13.7 Å². The Labute approximate surface area is 99.8 Å². The number of aliphatic hydroxyl groups is 1. The Morgan fingerprint density at radius 2 is 1.87 bits per heavy atom. The lowest BCUT2D eigenvalue weighted by atomic mass is 10.1. The van der Waals surface area contributed by atoms with Gasteiger partial charge in [0.15, 0.2) is 0 Å². The Morgan fingerprint density at radius 1 is 1.27 bits per heavy atom. The molecule has 1 aromatic carbocycles. The summed E-state index contributed by atoms with van der Waals surface area (Å²) in [5.41, 5.74) is 0.753. The van der Waals surface area contributed by atoms with E-state index in [0.29, 0.717) is 23.1 Å². The second kappa shape index (κ2) is 6.33. The zero-order chi connectivity index (χ0) is 11.3. The number of halogens is 2. The van der Waals surface area contributed by atoms with Crippen molar-refractivity contribution < 1.29 is 9.84 Å². The molecule has 84 valence electrons. The van der Waals surface area contributed by atoms with E-state index in [0.717, 1.165) is 12.0 Å². The average Bonchev–Trinajstić information content (AvgIpc) is 2.16. The normalized spacial score (nSPS) is 12.8. The van der Waals surface area contributed by atoms with E-state index in [2.05, 4.69) is 0 Å². The predicted octanol–water partition coefficient (Wildman–Crippen LogP) is 3.45. The number of methoxy groups -OCH3 is 1. The molecule has 0 aliphatic rings. The molecule has 1 rings (SSSR count). The molecule has 1 aromatic rings. The minimum Gasteiger partial charge on any atom is -0.388 e. The molecule has 0 aromatic heterocycles. The van der Waals surface area contributed by atoms with Crippen LogP contribution in [-0.2, 0) is 4.74 Å². The van der Waals surface area contributed by atoms with Crippen LogP contribution in [0.5, 0.6) is 0 Å². The molecule has 0 radical (unpaired) electrons. The Kier molecular flexibility index (Phi) is 5.40. The van der Waals surface area contributed by atoms with Crippen LogP contribution in [0.15, 0.2) is 18.2 Å². The van der Waals surface area contributed by atoms with E-state index in [4.69, 9.17) is 27.9 Å². The Morgan fingerprint density at radius 3 is 2.40 bits per heavy atom. The molecular formula is C11H14Cl2O2. The van der Waals surface area contributed by atoms with Gasteiger partial charge in [0, 0.05) is 23.8 Å². The topological polar surface area (TPSA) is 29.5 Å². The number of aliphatic hydroxyl groups excluding tert-OH is 1. The van der Waals surface area contributed by atoms with E-state index in [-0.39, 0.29) is 0 Å². The predicted molar refractivity (Wildman–Crippen MR) is 62.5 cm³/mol. The summed E-state index contributed by atoms with van der Waals surface area (Å²) in [6.07, 6.45) is 0.920. The van der Waals surface area contributed by atoms with Crippen molar-refractivity contribution in [2.45, 2.75) is 18.9 Å². The van der Waals surface area contributed by atoms with Crippen molar-refractivity contribution in [3.8, 4) is 0 Å². The van der Waals surface area contributed by atoms with Gasteiger partial charge in [-0.3, -0.25) is 0 Å². The molecule has 0 saturated heterocycles. The quantitative estimate of drug-likeness (QED) is 0.810. The SMILES string of the molecule is COCCCC(O)c1cc(Cl)cc(Cl)c1. The van der Waals surface area contributed by atoms with E-state index >= 15 is 0 Å². The molecule has 15 heavy (non-hydrogen) atoms. The lowest BCUT2D eigenvalue weighted by Crippen LogP contribution is -1.99. The highest BCUT2D eigenvalue weighted by molar-refractivity contribution is 6.34. The van der Waals surface area contributed by atoms with Crippen LogP contribution in [0.4, 0.5) is 0 Å². The standard InChI is InChI=1S/C11H14Cl2O2/c1-15-4-2-3-11(14)8-5-9(12)7-10(13)6-8/h5-7,11,14H,2-4H2,1H3. The highest BCUT2D eigenvalue weighted by atomic mass is 35.5. The van der Waals surface area contributed by atoms with E-state index in [1.54, 1.807) is 25.3 Å². The molecule has 1 atom stereocenters. The Bertz CT molecular complexity index is 295. The molecule has 1 N–H and O–H groups in total. The molecule has 0 fully saturated rings. The molecule has 0 aliphatic carbocycles. The first kappa shape index (κ1) is 12.8. The monoisotopic (exact) mass is 248 g/mol. The summed E-state index contributed by atoms with van der Waals surface area (Å²) in [6.45, 7) is 0.644. The zero-order valence-corrected chi connectivity index (χ0v) is 10.1. The fraction of sp³-hybridized carbons (Fsp3) is 0.455. The molecule has 1 unspecified atom stereocenters. The van der Waals surface area contributed by atoms with Crippen LogP contribution in [0, 0.1) is 0 Å². The van der Waals surface area contributed by atoms with Gasteiger partial charge < -0.3 is 9.84 Å². The van der Waals surface area contributed by atoms with Gasteiger partial charge >= 0.3 is 0 Å². The molecule has 2 nitrogen and oxygen atoms in total. The lowest BCUT2D eigenvalue weighted by molar-refractivity contribution is 0.136. The van der Waals surface area contributed by atoms with Crippen molar-refractivity contribution in [1.82, 2.24) is 0 Å². The van der Waals surface area contributed by atoms with Gasteiger partial charge in [0.1, 0.15) is 0 Å². The summed E-state index contributed by atoms with van der Waals surface area (Å²) >= 11 is 11.7. The van der Waals surface area contributed by atoms with Crippen LogP contribution in [0.1, 0.15) is 24.5 Å². The maximum absolute atomic E-state index is 9.82. The van der Waals surface area contributed by atoms with Crippen LogP contribution < -0.4 is 0 Å². The third kappa shape index (κ3) is 4.39. The van der Waals surface area contributed by atoms with Gasteiger partial charge in [0.25, 0.3) is 0 Å². The van der Waals surface area contributed by atoms with Crippen molar-refractivity contribution in [3.63, 3.8) is 0 Å². The second-order valence-electron chi connectivity index (χ2n) is 3.35. The van der Waals surface area contributed by atoms with Crippen molar-refractivity contribution in [3.05, 3.63) is 33.8 Å². The molecule has 0 heterocycles. The van der Waals surface area contributed by atoms with Crippen molar-refractivity contribution in [2.24, 2.45) is 0 Å². The third-order valence-electron chi connectivity index (χ3n) is 2.10. The fourth-order valence-electron chi connectivity index (χ4n) is 1.36. The number of rotatable bonds is 5. The number of ether oxygens (including phenoxy) is 1. The maximum Gasteiger partial charge on any atom is 0.0791 e. The smallest absolute Gasteiger partial charge is 0.0791 e. The van der Waals surface area contributed by atoms with Gasteiger partial charge in [-0.05, 0) is 36.6 Å². The summed E-state index contributed by atoms with van der Waals surface area (Å²) in [5.74, 6) is 0. The lowest BCUT2D eigenvalue weighted by Gasteiger charge is -2.11. The van der Waals surface area contributed by atoms with Gasteiger partial charge in [0.05, 0.1) is 6.10 Å².